The number of ether oxygens (including phenoxy) is 2. The van der Waals surface area contributed by atoms with Crippen LogP contribution in [0, 0.1) is 0 Å². The summed E-state index contributed by atoms with van der Waals surface area (Å²) in [6.45, 7) is 23.2. The normalized spacial score (nSPS) is 12.8. The van der Waals surface area contributed by atoms with Crippen molar-refractivity contribution < 1.29 is 19.1 Å². The molecule has 0 amide bonds. The zero-order chi connectivity index (χ0) is 46.3. The highest BCUT2D eigenvalue weighted by atomic mass is 16.6. The summed E-state index contributed by atoms with van der Waals surface area (Å²) < 4.78 is 12.0. The van der Waals surface area contributed by atoms with E-state index in [0.717, 1.165) is 52.0 Å². The highest BCUT2D eigenvalue weighted by Gasteiger charge is 2.21. The van der Waals surface area contributed by atoms with Crippen molar-refractivity contribution in [3.8, 4) is 0 Å². The fourth-order valence-corrected chi connectivity index (χ4v) is 9.07. The van der Waals surface area contributed by atoms with Gasteiger partial charge >= 0.3 is 11.9 Å². The molecule has 0 aromatic rings. The molecular formula is C56H113N3O4. The molecule has 0 spiro atoms. The average Bonchev–Trinajstić information content (AvgIpc) is 3.25. The Labute approximate surface area is 395 Å². The number of carbonyl (C=O) groups excluding carboxylic acids is 2. The van der Waals surface area contributed by atoms with Crippen LogP contribution in [-0.4, -0.2) is 97.7 Å². The van der Waals surface area contributed by atoms with Gasteiger partial charge in [-0.3, -0.25) is 19.4 Å². The van der Waals surface area contributed by atoms with Gasteiger partial charge in [-0.25, -0.2) is 0 Å². The Morgan fingerprint density at radius 1 is 0.302 bits per heavy atom. The third kappa shape index (κ3) is 44.4. The van der Waals surface area contributed by atoms with E-state index in [4.69, 9.17) is 9.47 Å². The molecule has 0 saturated heterocycles. The first kappa shape index (κ1) is 61.8. The molecule has 2 atom stereocenters. The largest absolute Gasteiger partial charge is 0.462 e. The van der Waals surface area contributed by atoms with Gasteiger partial charge in [0.15, 0.2) is 0 Å². The molecule has 0 N–H and O–H groups in total. The van der Waals surface area contributed by atoms with Crippen molar-refractivity contribution in [2.75, 3.05) is 58.9 Å². The van der Waals surface area contributed by atoms with Gasteiger partial charge in [-0.05, 0) is 78.7 Å². The van der Waals surface area contributed by atoms with Gasteiger partial charge in [0.25, 0.3) is 0 Å². The zero-order valence-corrected chi connectivity index (χ0v) is 43.9. The van der Waals surface area contributed by atoms with Crippen molar-refractivity contribution in [3.05, 3.63) is 0 Å². The Balaban J connectivity index is 5.23. The van der Waals surface area contributed by atoms with Crippen LogP contribution in [-0.2, 0) is 19.1 Å². The van der Waals surface area contributed by atoms with Crippen molar-refractivity contribution in [2.24, 2.45) is 0 Å². The van der Waals surface area contributed by atoms with E-state index in [0.29, 0.717) is 19.5 Å². The van der Waals surface area contributed by atoms with E-state index >= 15 is 0 Å². The lowest BCUT2D eigenvalue weighted by atomic mass is 10.1. The van der Waals surface area contributed by atoms with E-state index in [2.05, 4.69) is 49.3 Å². The summed E-state index contributed by atoms with van der Waals surface area (Å²) in [6, 6.07) is 0. The second-order valence-electron chi connectivity index (χ2n) is 19.8. The minimum absolute atomic E-state index is 0.148. The van der Waals surface area contributed by atoms with E-state index in [1.165, 1.54) is 219 Å². The van der Waals surface area contributed by atoms with E-state index in [1.54, 1.807) is 0 Å². The predicted octanol–water partition coefficient (Wildman–Crippen LogP) is 15.9. The van der Waals surface area contributed by atoms with Crippen LogP contribution in [0.15, 0.2) is 0 Å². The standard InChI is InChI=1S/C56H113N3O4/c1-8-13-18-23-28-33-38-43-57(44-39-34-29-24-19-14-9-2)48-49-59(47-42-37-32-27-22-17-12-5)52-56(61)63-54(7)50-53(6)62-55(60)51-58(45-40-35-30-25-20-15-10-3)46-41-36-31-26-21-16-11-4/h53-54H,8-52H2,1-7H3. The van der Waals surface area contributed by atoms with Crippen LogP contribution in [0.4, 0.5) is 0 Å². The Hall–Kier alpha value is -1.18. The zero-order valence-electron chi connectivity index (χ0n) is 43.9. The molecule has 63 heavy (non-hydrogen) atoms. The van der Waals surface area contributed by atoms with Crippen LogP contribution in [0.3, 0.4) is 0 Å². The molecular weight excluding hydrogens is 779 g/mol. The Bertz CT molecular complexity index is 914. The predicted molar refractivity (Wildman–Crippen MR) is 275 cm³/mol. The van der Waals surface area contributed by atoms with Gasteiger partial charge in [0, 0.05) is 19.5 Å². The van der Waals surface area contributed by atoms with Gasteiger partial charge in [-0.15, -0.1) is 0 Å². The van der Waals surface area contributed by atoms with Crippen molar-refractivity contribution in [3.63, 3.8) is 0 Å². The monoisotopic (exact) mass is 892 g/mol. The molecule has 0 radical (unpaired) electrons. The minimum atomic E-state index is -0.302. The van der Waals surface area contributed by atoms with Crippen LogP contribution in [0.25, 0.3) is 0 Å². The first-order valence-electron chi connectivity index (χ1n) is 28.3. The van der Waals surface area contributed by atoms with Crippen LogP contribution >= 0.6 is 0 Å². The van der Waals surface area contributed by atoms with E-state index in [9.17, 15) is 9.59 Å². The molecule has 0 saturated carbocycles. The van der Waals surface area contributed by atoms with Crippen molar-refractivity contribution >= 4 is 11.9 Å². The lowest BCUT2D eigenvalue weighted by Crippen LogP contribution is -2.40. The molecule has 0 aromatic heterocycles. The second kappa shape index (κ2) is 48.7. The molecule has 7 heteroatoms. The van der Waals surface area contributed by atoms with E-state index in [-0.39, 0.29) is 24.1 Å². The number of hydrogen-bond donors (Lipinski definition) is 0. The highest BCUT2D eigenvalue weighted by molar-refractivity contribution is 5.72. The summed E-state index contributed by atoms with van der Waals surface area (Å²) in [4.78, 5) is 34.2. The van der Waals surface area contributed by atoms with Crippen LogP contribution in [0.2, 0.25) is 0 Å². The Morgan fingerprint density at radius 2 is 0.508 bits per heavy atom. The van der Waals surface area contributed by atoms with Gasteiger partial charge < -0.3 is 14.4 Å². The molecule has 0 rings (SSSR count). The summed E-state index contributed by atoms with van der Waals surface area (Å²) in [5, 5.41) is 0. The maximum Gasteiger partial charge on any atom is 0.320 e. The van der Waals surface area contributed by atoms with Gasteiger partial charge in [0.05, 0.1) is 13.1 Å². The molecule has 0 fully saturated rings. The molecule has 0 aliphatic carbocycles. The maximum absolute atomic E-state index is 13.5. The molecule has 0 heterocycles. The van der Waals surface area contributed by atoms with Gasteiger partial charge in [0.2, 0.25) is 0 Å². The number of esters is 2. The average molecular weight is 893 g/mol. The molecule has 0 aromatic carbocycles. The van der Waals surface area contributed by atoms with Crippen molar-refractivity contribution in [1.29, 1.82) is 0 Å². The molecule has 0 aliphatic heterocycles. The summed E-state index contributed by atoms with van der Waals surface area (Å²) in [6.07, 6.45) is 45.5. The fourth-order valence-electron chi connectivity index (χ4n) is 9.07. The smallest absolute Gasteiger partial charge is 0.320 e. The minimum Gasteiger partial charge on any atom is -0.462 e. The number of nitrogens with zero attached hydrogens (tertiary/aromatic N) is 3. The first-order chi connectivity index (χ1) is 30.8. The lowest BCUT2D eigenvalue weighted by molar-refractivity contribution is -0.155. The van der Waals surface area contributed by atoms with Crippen LogP contribution < -0.4 is 0 Å². The summed E-state index contributed by atoms with van der Waals surface area (Å²) in [5.41, 5.74) is 0. The topological polar surface area (TPSA) is 62.3 Å². The third-order valence-electron chi connectivity index (χ3n) is 13.2. The first-order valence-corrected chi connectivity index (χ1v) is 28.3. The van der Waals surface area contributed by atoms with E-state index in [1.807, 2.05) is 13.8 Å². The lowest BCUT2D eigenvalue weighted by Gasteiger charge is -2.28. The second-order valence-corrected chi connectivity index (χ2v) is 19.8. The summed E-state index contributed by atoms with van der Waals surface area (Å²) in [7, 11) is 0. The fraction of sp³-hybridized carbons (Fsp3) is 0.964. The number of unbranched alkanes of at least 4 members (excludes halogenated alkanes) is 30. The van der Waals surface area contributed by atoms with Gasteiger partial charge in [-0.2, -0.15) is 0 Å². The molecule has 0 aliphatic rings. The third-order valence-corrected chi connectivity index (χ3v) is 13.2. The molecule has 2 unspecified atom stereocenters. The summed E-state index contributed by atoms with van der Waals surface area (Å²) in [5.74, 6) is -0.296. The SMILES string of the molecule is CCCCCCCCCN(CCCCCCCCC)CCN(CCCCCCCCC)CC(=O)OC(C)CC(C)OC(=O)CN(CCCCCCCCC)CCCCCCCCC. The van der Waals surface area contributed by atoms with Crippen molar-refractivity contribution in [2.45, 2.75) is 292 Å². The Kier molecular flexibility index (Phi) is 47.8. The van der Waals surface area contributed by atoms with Crippen LogP contribution in [0.1, 0.15) is 280 Å². The molecule has 7 nitrogen and oxygen atoms in total. The molecule has 0 bridgehead atoms. The summed E-state index contributed by atoms with van der Waals surface area (Å²) >= 11 is 0. The maximum atomic E-state index is 13.5. The number of carbonyl (C=O) groups is 2. The quantitative estimate of drug-likeness (QED) is 0.0445. The van der Waals surface area contributed by atoms with Gasteiger partial charge in [-0.1, -0.05) is 227 Å². The van der Waals surface area contributed by atoms with Gasteiger partial charge in [0.1, 0.15) is 12.2 Å². The van der Waals surface area contributed by atoms with Crippen LogP contribution in [0.5, 0.6) is 0 Å². The Morgan fingerprint density at radius 3 is 0.778 bits per heavy atom. The van der Waals surface area contributed by atoms with Crippen molar-refractivity contribution in [1.82, 2.24) is 14.7 Å². The number of hydrogen-bond acceptors (Lipinski definition) is 7. The molecule has 376 valence electrons. The number of rotatable bonds is 51. The van der Waals surface area contributed by atoms with E-state index < -0.39 is 0 Å². The highest BCUT2D eigenvalue weighted by Crippen LogP contribution is 2.15.